The summed E-state index contributed by atoms with van der Waals surface area (Å²) in [6.45, 7) is 2.27. The molecule has 0 aliphatic heterocycles. The smallest absolute Gasteiger partial charge is 0.309 e. The van der Waals surface area contributed by atoms with Crippen LogP contribution in [0.5, 0.6) is 0 Å². The predicted molar refractivity (Wildman–Crippen MR) is 47.0 cm³/mol. The molecule has 3 nitrogen and oxygen atoms in total. The average molecular weight is 184 g/mol. The van der Waals surface area contributed by atoms with E-state index in [0.717, 1.165) is 19.3 Å². The van der Waals surface area contributed by atoms with Crippen LogP contribution in [-0.2, 0) is 9.53 Å². The largest absolute Gasteiger partial charge is 0.466 e. The molecule has 1 unspecified atom stereocenters. The Morgan fingerprint density at radius 2 is 2.31 bits per heavy atom. The Hall–Kier alpha value is -0.570. The van der Waals surface area contributed by atoms with Crippen molar-refractivity contribution in [3.8, 4) is 0 Å². The molecule has 4 atom stereocenters. The van der Waals surface area contributed by atoms with Crippen molar-refractivity contribution in [1.82, 2.24) is 0 Å². The number of fused-ring (bicyclic) bond motifs is 1. The number of hydrogen-bond acceptors (Lipinski definition) is 3. The predicted octanol–water partition coefficient (Wildman–Crippen LogP) is 0.956. The number of rotatable bonds is 2. The maximum absolute atomic E-state index is 11.4. The van der Waals surface area contributed by atoms with Gasteiger partial charge in [0, 0.05) is 5.92 Å². The molecule has 0 saturated heterocycles. The standard InChI is InChI=1S/C10H16O3/c1-2-13-10(12)9-6-4-3-5-7(11)8(6)9/h6-9,11H,2-5H2,1H3/t6-,7?,8-,9+/m0/s1. The van der Waals surface area contributed by atoms with Crippen LogP contribution in [0.15, 0.2) is 0 Å². The van der Waals surface area contributed by atoms with E-state index in [0.29, 0.717) is 12.5 Å². The summed E-state index contributed by atoms with van der Waals surface area (Å²) < 4.78 is 4.96. The van der Waals surface area contributed by atoms with E-state index < -0.39 is 0 Å². The normalized spacial score (nSPS) is 42.3. The second kappa shape index (κ2) is 3.29. The quantitative estimate of drug-likeness (QED) is 0.650. The molecule has 2 aliphatic carbocycles. The fourth-order valence-electron chi connectivity index (χ4n) is 2.62. The number of aliphatic hydroxyl groups is 1. The number of esters is 1. The zero-order chi connectivity index (χ0) is 9.42. The highest BCUT2D eigenvalue weighted by Gasteiger charge is 2.59. The van der Waals surface area contributed by atoms with Crippen LogP contribution in [0.1, 0.15) is 26.2 Å². The van der Waals surface area contributed by atoms with E-state index in [1.54, 1.807) is 0 Å². The van der Waals surface area contributed by atoms with Gasteiger partial charge in [0.05, 0.1) is 18.6 Å². The highest BCUT2D eigenvalue weighted by atomic mass is 16.5. The first kappa shape index (κ1) is 9.00. The van der Waals surface area contributed by atoms with Crippen LogP contribution in [0.4, 0.5) is 0 Å². The first-order valence-corrected chi connectivity index (χ1v) is 5.10. The summed E-state index contributed by atoms with van der Waals surface area (Å²) in [5.41, 5.74) is 0. The van der Waals surface area contributed by atoms with Gasteiger partial charge in [0.2, 0.25) is 0 Å². The number of carbonyl (C=O) groups is 1. The molecule has 0 spiro atoms. The summed E-state index contributed by atoms with van der Waals surface area (Å²) in [6, 6.07) is 0. The van der Waals surface area contributed by atoms with Crippen LogP contribution in [-0.4, -0.2) is 23.8 Å². The van der Waals surface area contributed by atoms with Crippen molar-refractivity contribution < 1.29 is 14.6 Å². The van der Waals surface area contributed by atoms with Crippen LogP contribution >= 0.6 is 0 Å². The van der Waals surface area contributed by atoms with E-state index in [1.807, 2.05) is 6.92 Å². The molecule has 0 radical (unpaired) electrons. The number of aliphatic hydroxyl groups excluding tert-OH is 1. The van der Waals surface area contributed by atoms with E-state index in [4.69, 9.17) is 4.74 Å². The molecule has 0 heterocycles. The van der Waals surface area contributed by atoms with Crippen LogP contribution in [0.2, 0.25) is 0 Å². The zero-order valence-corrected chi connectivity index (χ0v) is 7.90. The van der Waals surface area contributed by atoms with Gasteiger partial charge in [-0.3, -0.25) is 4.79 Å². The van der Waals surface area contributed by atoms with E-state index in [1.165, 1.54) is 0 Å². The molecule has 0 aromatic heterocycles. The lowest BCUT2D eigenvalue weighted by Gasteiger charge is -2.13. The highest BCUT2D eigenvalue weighted by molar-refractivity contribution is 5.76. The van der Waals surface area contributed by atoms with Gasteiger partial charge in [-0.05, 0) is 25.7 Å². The van der Waals surface area contributed by atoms with Crippen molar-refractivity contribution in [1.29, 1.82) is 0 Å². The first-order chi connectivity index (χ1) is 6.25. The Morgan fingerprint density at radius 1 is 1.54 bits per heavy atom. The van der Waals surface area contributed by atoms with Crippen molar-refractivity contribution in [3.05, 3.63) is 0 Å². The molecule has 0 bridgehead atoms. The maximum Gasteiger partial charge on any atom is 0.309 e. The fraction of sp³-hybridized carbons (Fsp3) is 0.900. The molecule has 3 heteroatoms. The summed E-state index contributed by atoms with van der Waals surface area (Å²) in [5.74, 6) is 0.548. The molecule has 1 N–H and O–H groups in total. The molecule has 13 heavy (non-hydrogen) atoms. The van der Waals surface area contributed by atoms with Gasteiger partial charge in [-0.2, -0.15) is 0 Å². The third kappa shape index (κ3) is 1.46. The van der Waals surface area contributed by atoms with Crippen molar-refractivity contribution in [2.45, 2.75) is 32.3 Å². The second-order valence-electron chi connectivity index (χ2n) is 4.02. The molecule has 0 amide bonds. The Balaban J connectivity index is 1.93. The second-order valence-corrected chi connectivity index (χ2v) is 4.02. The molecule has 0 aromatic carbocycles. The van der Waals surface area contributed by atoms with E-state index >= 15 is 0 Å². The minimum Gasteiger partial charge on any atom is -0.466 e. The summed E-state index contributed by atoms with van der Waals surface area (Å²) in [7, 11) is 0. The van der Waals surface area contributed by atoms with E-state index in [-0.39, 0.29) is 23.9 Å². The Bertz CT molecular complexity index is 214. The zero-order valence-electron chi connectivity index (χ0n) is 7.90. The molecule has 2 fully saturated rings. The van der Waals surface area contributed by atoms with Crippen LogP contribution in [0, 0.1) is 17.8 Å². The molecule has 0 aromatic rings. The van der Waals surface area contributed by atoms with Gasteiger partial charge >= 0.3 is 5.97 Å². The molecule has 74 valence electrons. The van der Waals surface area contributed by atoms with Crippen LogP contribution < -0.4 is 0 Å². The van der Waals surface area contributed by atoms with Crippen molar-refractivity contribution in [2.24, 2.45) is 17.8 Å². The van der Waals surface area contributed by atoms with Crippen LogP contribution in [0.25, 0.3) is 0 Å². The fourth-order valence-corrected chi connectivity index (χ4v) is 2.62. The molecular formula is C10H16O3. The van der Waals surface area contributed by atoms with E-state index in [9.17, 15) is 9.90 Å². The summed E-state index contributed by atoms with van der Waals surface area (Å²) in [5, 5.41) is 9.60. The molecule has 2 rings (SSSR count). The number of hydrogen-bond donors (Lipinski definition) is 1. The van der Waals surface area contributed by atoms with Gasteiger partial charge in [-0.1, -0.05) is 6.42 Å². The first-order valence-electron chi connectivity index (χ1n) is 5.10. The minimum atomic E-state index is -0.256. The highest BCUT2D eigenvalue weighted by Crippen LogP contribution is 2.55. The minimum absolute atomic E-state index is 0.0115. The third-order valence-electron chi connectivity index (χ3n) is 3.27. The topological polar surface area (TPSA) is 46.5 Å². The lowest BCUT2D eigenvalue weighted by Crippen LogP contribution is -2.16. The average Bonchev–Trinajstić information content (AvgIpc) is 2.80. The lowest BCUT2D eigenvalue weighted by atomic mass is 9.98. The summed E-state index contributed by atoms with van der Waals surface area (Å²) in [6.07, 6.45) is 2.74. The van der Waals surface area contributed by atoms with Crippen molar-refractivity contribution in [2.75, 3.05) is 6.61 Å². The van der Waals surface area contributed by atoms with Gasteiger partial charge in [0.15, 0.2) is 0 Å². The third-order valence-corrected chi connectivity index (χ3v) is 3.27. The van der Waals surface area contributed by atoms with Crippen LogP contribution in [0.3, 0.4) is 0 Å². The Kier molecular flexibility index (Phi) is 2.28. The van der Waals surface area contributed by atoms with E-state index in [2.05, 4.69) is 0 Å². The van der Waals surface area contributed by atoms with Gasteiger partial charge < -0.3 is 9.84 Å². The maximum atomic E-state index is 11.4. The van der Waals surface area contributed by atoms with Gasteiger partial charge in [0.25, 0.3) is 0 Å². The van der Waals surface area contributed by atoms with Crippen molar-refractivity contribution in [3.63, 3.8) is 0 Å². The molecule has 2 aliphatic rings. The Morgan fingerprint density at radius 3 is 2.92 bits per heavy atom. The van der Waals surface area contributed by atoms with Crippen molar-refractivity contribution >= 4 is 5.97 Å². The Labute approximate surface area is 78.1 Å². The number of carbonyl (C=O) groups excluding carboxylic acids is 1. The SMILES string of the molecule is CCOC(=O)[C@@H]1[C@H]2CCCC(O)[C@H]21. The number of ether oxygens (including phenoxy) is 1. The van der Waals surface area contributed by atoms with Gasteiger partial charge in [-0.15, -0.1) is 0 Å². The van der Waals surface area contributed by atoms with Gasteiger partial charge in [0.1, 0.15) is 0 Å². The summed E-state index contributed by atoms with van der Waals surface area (Å²) >= 11 is 0. The summed E-state index contributed by atoms with van der Waals surface area (Å²) in [4.78, 5) is 11.4. The molecule has 2 saturated carbocycles. The molecular weight excluding hydrogens is 168 g/mol. The van der Waals surface area contributed by atoms with Gasteiger partial charge in [-0.25, -0.2) is 0 Å². The monoisotopic (exact) mass is 184 g/mol. The lowest BCUT2D eigenvalue weighted by molar-refractivity contribution is -0.145.